The molecule has 0 N–H and O–H groups in total. The largest absolute Gasteiger partial charge is 0.278 e. The molecule has 1 aromatic carbocycles. The first-order chi connectivity index (χ1) is 8.04. The van der Waals surface area contributed by atoms with Crippen LogP contribution in [-0.4, -0.2) is 18.2 Å². The second-order valence-corrected chi connectivity index (χ2v) is 6.01. The molecule has 0 fully saturated rings. The zero-order chi connectivity index (χ0) is 12.5. The van der Waals surface area contributed by atoms with Gasteiger partial charge in [0.05, 0.1) is 11.9 Å². The number of halogens is 1. The lowest BCUT2D eigenvalue weighted by atomic mass is 10.1. The van der Waals surface area contributed by atoms with Crippen molar-refractivity contribution in [2.45, 2.75) is 18.4 Å². The van der Waals surface area contributed by atoms with Crippen molar-refractivity contribution in [3.8, 4) is 5.69 Å². The maximum absolute atomic E-state index is 11.4. The molecule has 0 aliphatic rings. The third-order valence-corrected chi connectivity index (χ3v) is 3.74. The maximum Gasteiger partial charge on any atom is 0.278 e. The topological polar surface area (TPSA) is 52.0 Å². The highest BCUT2D eigenvalue weighted by Crippen LogP contribution is 2.21. The molecule has 2 aromatic rings. The van der Waals surface area contributed by atoms with Crippen LogP contribution in [0.25, 0.3) is 5.69 Å². The summed E-state index contributed by atoms with van der Waals surface area (Å²) in [4.78, 5) is 0. The Morgan fingerprint density at radius 3 is 2.65 bits per heavy atom. The number of aryl methyl sites for hydroxylation is 1. The summed E-state index contributed by atoms with van der Waals surface area (Å²) in [5.74, 6) is 0. The number of benzene rings is 1. The Hall–Kier alpha value is -1.33. The van der Waals surface area contributed by atoms with Crippen LogP contribution in [0, 0.1) is 0 Å². The molecule has 6 heteroatoms. The van der Waals surface area contributed by atoms with Gasteiger partial charge in [0, 0.05) is 10.7 Å². The van der Waals surface area contributed by atoms with Crippen LogP contribution in [0.2, 0.25) is 0 Å². The predicted molar refractivity (Wildman–Crippen MR) is 66.0 cm³/mol. The van der Waals surface area contributed by atoms with Gasteiger partial charge in [0.2, 0.25) is 0 Å². The Labute approximate surface area is 104 Å². The lowest BCUT2D eigenvalue weighted by Gasteiger charge is -2.09. The monoisotopic (exact) mass is 270 g/mol. The number of nitrogens with zero attached hydrogens (tertiary/aromatic N) is 2. The first-order valence-corrected chi connectivity index (χ1v) is 7.42. The summed E-state index contributed by atoms with van der Waals surface area (Å²) >= 11 is 0. The molecule has 2 rings (SSSR count). The van der Waals surface area contributed by atoms with Crippen LogP contribution in [0.5, 0.6) is 0 Å². The van der Waals surface area contributed by atoms with E-state index in [0.717, 1.165) is 17.7 Å². The van der Waals surface area contributed by atoms with Gasteiger partial charge in [-0.25, -0.2) is 13.1 Å². The molecule has 0 radical (unpaired) electrons. The highest BCUT2D eigenvalue weighted by atomic mass is 35.7. The highest BCUT2D eigenvalue weighted by molar-refractivity contribution is 8.13. The molecule has 0 bridgehead atoms. The number of hydrogen-bond donors (Lipinski definition) is 0. The summed E-state index contributed by atoms with van der Waals surface area (Å²) in [6.07, 6.45) is 2.21. The van der Waals surface area contributed by atoms with Crippen LogP contribution in [0.4, 0.5) is 0 Å². The molecule has 0 atom stereocenters. The third kappa shape index (κ3) is 2.35. The summed E-state index contributed by atoms with van der Waals surface area (Å²) in [5, 5.41) is 4.00. The molecule has 0 spiro atoms. The first-order valence-electron chi connectivity index (χ1n) is 5.11. The predicted octanol–water partition coefficient (Wildman–Crippen LogP) is 2.36. The van der Waals surface area contributed by atoms with Crippen molar-refractivity contribution in [3.05, 3.63) is 42.1 Å². The minimum atomic E-state index is -3.79. The molecular formula is C11H11ClN2O2S. The van der Waals surface area contributed by atoms with Crippen LogP contribution in [0.1, 0.15) is 12.5 Å². The van der Waals surface area contributed by atoms with Gasteiger partial charge in [0.1, 0.15) is 0 Å². The lowest BCUT2D eigenvalue weighted by Crippen LogP contribution is -2.06. The van der Waals surface area contributed by atoms with E-state index in [4.69, 9.17) is 10.7 Å². The summed E-state index contributed by atoms with van der Waals surface area (Å²) < 4.78 is 24.1. The molecule has 0 aliphatic carbocycles. The Kier molecular flexibility index (Phi) is 3.22. The van der Waals surface area contributed by atoms with E-state index in [1.54, 1.807) is 0 Å². The lowest BCUT2D eigenvalue weighted by molar-refractivity contribution is 0.599. The number of para-hydroxylation sites is 1. The normalized spacial score (nSPS) is 11.6. The van der Waals surface area contributed by atoms with Gasteiger partial charge in [-0.15, -0.1) is 0 Å². The van der Waals surface area contributed by atoms with Crippen molar-refractivity contribution < 1.29 is 8.42 Å². The van der Waals surface area contributed by atoms with E-state index < -0.39 is 9.05 Å². The molecular weight excluding hydrogens is 260 g/mol. The summed E-state index contributed by atoms with van der Waals surface area (Å²) in [6.45, 7) is 2.00. The SMILES string of the molecule is CCc1ccccc1-n1nccc1S(=O)(=O)Cl. The van der Waals surface area contributed by atoms with Crippen LogP contribution >= 0.6 is 10.7 Å². The van der Waals surface area contributed by atoms with Crippen molar-refractivity contribution in [1.29, 1.82) is 0 Å². The third-order valence-electron chi connectivity index (χ3n) is 2.46. The van der Waals surface area contributed by atoms with Gasteiger partial charge in [-0.2, -0.15) is 5.10 Å². The summed E-state index contributed by atoms with van der Waals surface area (Å²) in [5.41, 5.74) is 1.75. The molecule has 1 aromatic heterocycles. The summed E-state index contributed by atoms with van der Waals surface area (Å²) in [7, 11) is 1.57. The van der Waals surface area contributed by atoms with E-state index in [2.05, 4.69) is 5.10 Å². The highest BCUT2D eigenvalue weighted by Gasteiger charge is 2.18. The molecule has 0 amide bonds. The van der Waals surface area contributed by atoms with Crippen LogP contribution in [-0.2, 0) is 15.5 Å². The van der Waals surface area contributed by atoms with Crippen LogP contribution in [0.15, 0.2) is 41.6 Å². The minimum Gasteiger partial charge on any atom is -0.221 e. The first kappa shape index (κ1) is 12.1. The van der Waals surface area contributed by atoms with Crippen LogP contribution < -0.4 is 0 Å². The fourth-order valence-electron chi connectivity index (χ4n) is 1.67. The fraction of sp³-hybridized carbons (Fsp3) is 0.182. The second-order valence-electron chi connectivity index (χ2n) is 3.50. The molecule has 17 heavy (non-hydrogen) atoms. The van der Waals surface area contributed by atoms with Crippen LogP contribution in [0.3, 0.4) is 0 Å². The van der Waals surface area contributed by atoms with E-state index >= 15 is 0 Å². The minimum absolute atomic E-state index is 0.0138. The Bertz CT molecular complexity index is 634. The van der Waals surface area contributed by atoms with Gasteiger partial charge < -0.3 is 0 Å². The smallest absolute Gasteiger partial charge is 0.221 e. The molecule has 0 unspecified atom stereocenters. The van der Waals surface area contributed by atoms with Crippen molar-refractivity contribution in [2.24, 2.45) is 0 Å². The Morgan fingerprint density at radius 1 is 1.29 bits per heavy atom. The quantitative estimate of drug-likeness (QED) is 0.805. The molecule has 0 saturated carbocycles. The zero-order valence-corrected chi connectivity index (χ0v) is 10.7. The standard InChI is InChI=1S/C11H11ClN2O2S/c1-2-9-5-3-4-6-10(9)14-11(7-8-13-14)17(12,15)16/h3-8H,2H2,1H3. The fourth-order valence-corrected chi connectivity index (χ4v) is 2.60. The average molecular weight is 271 g/mol. The van der Waals surface area contributed by atoms with Crippen molar-refractivity contribution in [2.75, 3.05) is 0 Å². The zero-order valence-electron chi connectivity index (χ0n) is 9.17. The average Bonchev–Trinajstić information content (AvgIpc) is 2.77. The van der Waals surface area contributed by atoms with Gasteiger partial charge in [-0.1, -0.05) is 25.1 Å². The van der Waals surface area contributed by atoms with Gasteiger partial charge in [-0.05, 0) is 24.1 Å². The molecule has 1 heterocycles. The molecule has 0 aliphatic heterocycles. The van der Waals surface area contributed by atoms with Gasteiger partial charge >= 0.3 is 0 Å². The van der Waals surface area contributed by atoms with Crippen molar-refractivity contribution in [3.63, 3.8) is 0 Å². The van der Waals surface area contributed by atoms with E-state index in [9.17, 15) is 8.42 Å². The second kappa shape index (κ2) is 4.50. The van der Waals surface area contributed by atoms with Gasteiger partial charge in [0.25, 0.3) is 9.05 Å². The molecule has 0 saturated heterocycles. The number of rotatable bonds is 3. The van der Waals surface area contributed by atoms with Gasteiger partial charge in [0.15, 0.2) is 5.03 Å². The van der Waals surface area contributed by atoms with E-state index in [0.29, 0.717) is 0 Å². The number of hydrogen-bond acceptors (Lipinski definition) is 3. The Morgan fingerprint density at radius 2 is 2.00 bits per heavy atom. The summed E-state index contributed by atoms with van der Waals surface area (Å²) in [6, 6.07) is 8.87. The number of aromatic nitrogens is 2. The van der Waals surface area contributed by atoms with Gasteiger partial charge in [-0.3, -0.25) is 0 Å². The van der Waals surface area contributed by atoms with E-state index in [1.165, 1.54) is 16.9 Å². The maximum atomic E-state index is 11.4. The molecule has 90 valence electrons. The van der Waals surface area contributed by atoms with E-state index in [1.807, 2.05) is 31.2 Å². The Balaban J connectivity index is 2.66. The molecule has 4 nitrogen and oxygen atoms in total. The van der Waals surface area contributed by atoms with Crippen molar-refractivity contribution >= 4 is 19.7 Å². The van der Waals surface area contributed by atoms with E-state index in [-0.39, 0.29) is 5.03 Å². The van der Waals surface area contributed by atoms with Crippen molar-refractivity contribution in [1.82, 2.24) is 9.78 Å².